The molecule has 0 saturated heterocycles. The fourth-order valence-corrected chi connectivity index (χ4v) is 1.88. The quantitative estimate of drug-likeness (QED) is 0.786. The minimum Gasteiger partial charge on any atom is -0.470 e. The molecule has 0 atom stereocenters. The number of aromatic nitrogens is 3. The Hall–Kier alpha value is -2.07. The van der Waals surface area contributed by atoms with Crippen molar-refractivity contribution in [1.29, 1.82) is 0 Å². The third-order valence-electron chi connectivity index (χ3n) is 2.54. The van der Waals surface area contributed by atoms with Crippen LogP contribution in [0.5, 0.6) is 5.88 Å². The Bertz CT molecular complexity index is 666. The predicted molar refractivity (Wildman–Crippen MR) is 69.7 cm³/mol. The van der Waals surface area contributed by atoms with Crippen LogP contribution in [-0.2, 0) is 6.61 Å². The molecule has 3 aromatic heterocycles. The number of rotatable bonds is 3. The van der Waals surface area contributed by atoms with Gasteiger partial charge in [-0.25, -0.2) is 0 Å². The lowest BCUT2D eigenvalue weighted by Gasteiger charge is -2.06. The molecule has 3 aromatic rings. The first-order valence-corrected chi connectivity index (χ1v) is 5.87. The van der Waals surface area contributed by atoms with Crippen molar-refractivity contribution in [1.82, 2.24) is 15.0 Å². The van der Waals surface area contributed by atoms with Crippen molar-refractivity contribution in [2.75, 3.05) is 0 Å². The molecule has 90 valence electrons. The monoisotopic (exact) mass is 259 g/mol. The zero-order chi connectivity index (χ0) is 12.4. The summed E-state index contributed by atoms with van der Waals surface area (Å²) in [6.45, 7) is 0.347. The highest BCUT2D eigenvalue weighted by Gasteiger charge is 2.07. The first-order valence-electron chi connectivity index (χ1n) is 5.49. The van der Waals surface area contributed by atoms with Crippen LogP contribution in [0.2, 0.25) is 5.02 Å². The Labute approximate surface area is 109 Å². The van der Waals surface area contributed by atoms with E-state index >= 15 is 0 Å². The van der Waals surface area contributed by atoms with Crippen LogP contribution in [0, 0.1) is 0 Å². The van der Waals surface area contributed by atoms with Gasteiger partial charge in [0.1, 0.15) is 17.3 Å². The fraction of sp³-hybridized carbons (Fsp3) is 0.0769. The molecular formula is C13H10ClN3O. The number of ether oxygens (including phenoxy) is 1. The molecule has 0 radical (unpaired) electrons. The molecule has 0 unspecified atom stereocenters. The van der Waals surface area contributed by atoms with Crippen molar-refractivity contribution in [3.8, 4) is 5.88 Å². The Balaban J connectivity index is 1.84. The van der Waals surface area contributed by atoms with Crippen LogP contribution in [-0.4, -0.2) is 15.0 Å². The number of nitrogens with zero attached hydrogens (tertiary/aromatic N) is 2. The van der Waals surface area contributed by atoms with E-state index in [1.54, 1.807) is 6.20 Å². The molecule has 5 heteroatoms. The summed E-state index contributed by atoms with van der Waals surface area (Å²) >= 11 is 6.10. The summed E-state index contributed by atoms with van der Waals surface area (Å²) < 4.78 is 5.57. The number of aromatic amines is 1. The highest BCUT2D eigenvalue weighted by molar-refractivity contribution is 6.32. The Morgan fingerprint density at radius 3 is 3.06 bits per heavy atom. The van der Waals surface area contributed by atoms with Crippen LogP contribution in [0.1, 0.15) is 5.69 Å². The van der Waals surface area contributed by atoms with Crippen LogP contribution >= 0.6 is 11.6 Å². The number of pyridine rings is 2. The number of fused-ring (bicyclic) bond motifs is 1. The zero-order valence-corrected chi connectivity index (χ0v) is 10.2. The van der Waals surface area contributed by atoms with Gasteiger partial charge in [0.15, 0.2) is 0 Å². The highest BCUT2D eigenvalue weighted by atomic mass is 35.5. The van der Waals surface area contributed by atoms with Gasteiger partial charge in [-0.2, -0.15) is 4.98 Å². The molecule has 0 saturated carbocycles. The summed E-state index contributed by atoms with van der Waals surface area (Å²) in [7, 11) is 0. The van der Waals surface area contributed by atoms with Crippen LogP contribution < -0.4 is 4.74 Å². The topological polar surface area (TPSA) is 50.8 Å². The van der Waals surface area contributed by atoms with Gasteiger partial charge in [-0.15, -0.1) is 0 Å². The van der Waals surface area contributed by atoms with Gasteiger partial charge in [0.05, 0.1) is 5.69 Å². The third kappa shape index (κ3) is 2.15. The van der Waals surface area contributed by atoms with Crippen LogP contribution in [0.15, 0.2) is 42.7 Å². The Morgan fingerprint density at radius 1 is 1.28 bits per heavy atom. The summed E-state index contributed by atoms with van der Waals surface area (Å²) in [6.07, 6.45) is 3.54. The van der Waals surface area contributed by atoms with E-state index in [1.807, 2.05) is 36.5 Å². The molecular weight excluding hydrogens is 250 g/mol. The minimum atomic E-state index is 0.347. The summed E-state index contributed by atoms with van der Waals surface area (Å²) in [5.41, 5.74) is 1.59. The maximum absolute atomic E-state index is 6.10. The van der Waals surface area contributed by atoms with Gasteiger partial charge in [-0.3, -0.25) is 4.98 Å². The van der Waals surface area contributed by atoms with E-state index < -0.39 is 0 Å². The molecule has 0 spiro atoms. The largest absolute Gasteiger partial charge is 0.470 e. The minimum absolute atomic E-state index is 0.347. The predicted octanol–water partition coefficient (Wildman–Crippen LogP) is 3.19. The molecule has 0 amide bonds. The Morgan fingerprint density at radius 2 is 2.22 bits per heavy atom. The van der Waals surface area contributed by atoms with Crippen molar-refractivity contribution in [3.63, 3.8) is 0 Å². The number of nitrogens with one attached hydrogen (secondary N) is 1. The number of hydrogen-bond acceptors (Lipinski definition) is 3. The average molecular weight is 260 g/mol. The van der Waals surface area contributed by atoms with E-state index in [-0.39, 0.29) is 0 Å². The van der Waals surface area contributed by atoms with Crippen molar-refractivity contribution in [2.24, 2.45) is 0 Å². The van der Waals surface area contributed by atoms with Crippen LogP contribution in [0.25, 0.3) is 11.0 Å². The molecule has 1 N–H and O–H groups in total. The van der Waals surface area contributed by atoms with Gasteiger partial charge in [-0.1, -0.05) is 17.7 Å². The first-order chi connectivity index (χ1) is 8.83. The molecule has 0 aromatic carbocycles. The second-order valence-corrected chi connectivity index (χ2v) is 4.21. The summed E-state index contributed by atoms with van der Waals surface area (Å²) in [5, 5.41) is 1.46. The Kier molecular flexibility index (Phi) is 2.86. The summed E-state index contributed by atoms with van der Waals surface area (Å²) in [5.74, 6) is 0.414. The molecule has 4 nitrogen and oxygen atoms in total. The maximum Gasteiger partial charge on any atom is 0.235 e. The second kappa shape index (κ2) is 4.66. The van der Waals surface area contributed by atoms with E-state index in [0.29, 0.717) is 17.5 Å². The molecule has 0 aliphatic rings. The lowest BCUT2D eigenvalue weighted by atomic mass is 10.3. The first kappa shape index (κ1) is 11.0. The third-order valence-corrected chi connectivity index (χ3v) is 2.81. The second-order valence-electron chi connectivity index (χ2n) is 3.80. The van der Waals surface area contributed by atoms with Crippen molar-refractivity contribution in [2.45, 2.75) is 6.61 Å². The van der Waals surface area contributed by atoms with E-state index in [4.69, 9.17) is 16.3 Å². The van der Waals surface area contributed by atoms with Crippen molar-refractivity contribution < 1.29 is 4.74 Å². The number of halogens is 1. The summed E-state index contributed by atoms with van der Waals surface area (Å²) in [4.78, 5) is 11.5. The molecule has 0 aliphatic carbocycles. The molecule has 3 heterocycles. The molecule has 0 fully saturated rings. The number of hydrogen-bond donors (Lipinski definition) is 1. The summed E-state index contributed by atoms with van der Waals surface area (Å²) in [6, 6.07) is 9.40. The van der Waals surface area contributed by atoms with Crippen LogP contribution in [0.3, 0.4) is 0 Å². The van der Waals surface area contributed by atoms with E-state index in [0.717, 1.165) is 16.7 Å². The maximum atomic E-state index is 6.10. The van der Waals surface area contributed by atoms with E-state index in [1.165, 1.54) is 0 Å². The fourth-order valence-electron chi connectivity index (χ4n) is 1.67. The normalized spacial score (nSPS) is 10.7. The smallest absolute Gasteiger partial charge is 0.235 e. The van der Waals surface area contributed by atoms with E-state index in [9.17, 15) is 0 Å². The SMILES string of the molecule is Clc1cc2cc[nH]c2nc1OCc1ccccn1. The lowest BCUT2D eigenvalue weighted by Crippen LogP contribution is -1.99. The van der Waals surface area contributed by atoms with Gasteiger partial charge in [0.2, 0.25) is 5.88 Å². The average Bonchev–Trinajstić information content (AvgIpc) is 2.84. The molecule has 18 heavy (non-hydrogen) atoms. The zero-order valence-electron chi connectivity index (χ0n) is 9.43. The van der Waals surface area contributed by atoms with Gasteiger partial charge in [0.25, 0.3) is 0 Å². The molecule has 0 bridgehead atoms. The van der Waals surface area contributed by atoms with Gasteiger partial charge < -0.3 is 9.72 Å². The van der Waals surface area contributed by atoms with Crippen LogP contribution in [0.4, 0.5) is 0 Å². The highest BCUT2D eigenvalue weighted by Crippen LogP contribution is 2.26. The molecule has 0 aliphatic heterocycles. The lowest BCUT2D eigenvalue weighted by molar-refractivity contribution is 0.290. The molecule has 3 rings (SSSR count). The standard InChI is InChI=1S/C13H10ClN3O/c14-11-7-9-4-6-16-12(9)17-13(11)18-8-10-3-1-2-5-15-10/h1-7H,8H2,(H,16,17). The van der Waals surface area contributed by atoms with Gasteiger partial charge in [-0.05, 0) is 24.3 Å². The van der Waals surface area contributed by atoms with Gasteiger partial charge >= 0.3 is 0 Å². The van der Waals surface area contributed by atoms with Gasteiger partial charge in [0, 0.05) is 17.8 Å². The number of H-pyrrole nitrogens is 1. The van der Waals surface area contributed by atoms with Crippen molar-refractivity contribution in [3.05, 3.63) is 53.4 Å². The van der Waals surface area contributed by atoms with Crippen molar-refractivity contribution >= 4 is 22.6 Å². The van der Waals surface area contributed by atoms with E-state index in [2.05, 4.69) is 15.0 Å².